The third-order valence-electron chi connectivity index (χ3n) is 1.30. The summed E-state index contributed by atoms with van der Waals surface area (Å²) in [5.41, 5.74) is 5.54. The number of nitrogens with two attached hydrogens (primary N) is 1. The van der Waals surface area contributed by atoms with Crippen molar-refractivity contribution in [2.75, 3.05) is 18.1 Å². The van der Waals surface area contributed by atoms with Gasteiger partial charge in [-0.3, -0.25) is 0 Å². The molecule has 0 aromatic carbocycles. The molecule has 0 saturated carbocycles. The quantitative estimate of drug-likeness (QED) is 0.360. The predicted octanol–water partition coefficient (Wildman–Crippen LogP) is -0.229. The first-order valence-electron chi connectivity index (χ1n) is 3.45. The van der Waals surface area contributed by atoms with Gasteiger partial charge in [0.25, 0.3) is 0 Å². The highest BCUT2D eigenvalue weighted by atomic mass is 32.2. The second-order valence-corrected chi connectivity index (χ2v) is 4.11. The van der Waals surface area contributed by atoms with Crippen molar-refractivity contribution >= 4 is 30.4 Å². The van der Waals surface area contributed by atoms with Crippen LogP contribution in [0, 0.1) is 0 Å². The number of hydrogen-bond donors (Lipinski definition) is 4. The Morgan fingerprint density at radius 1 is 1.67 bits per heavy atom. The third kappa shape index (κ3) is 3.66. The van der Waals surface area contributed by atoms with Crippen LogP contribution in [0.1, 0.15) is 6.42 Å². The van der Waals surface area contributed by atoms with Crippen LogP contribution >= 0.6 is 24.4 Å². The lowest BCUT2D eigenvalue weighted by Crippen LogP contribution is -2.45. The zero-order valence-corrected chi connectivity index (χ0v) is 8.27. The number of thiol groups is 1. The van der Waals surface area contributed by atoms with Crippen molar-refractivity contribution < 1.29 is 15.0 Å². The maximum atomic E-state index is 10.7. The Labute approximate surface area is 80.9 Å². The number of aliphatic hydroxyl groups is 1. The summed E-state index contributed by atoms with van der Waals surface area (Å²) in [7, 11) is 0. The van der Waals surface area contributed by atoms with Gasteiger partial charge in [0.2, 0.25) is 0 Å². The number of carboxylic acid groups (broad SMARTS) is 1. The highest BCUT2D eigenvalue weighted by molar-refractivity contribution is 8.01. The molecule has 72 valence electrons. The third-order valence-corrected chi connectivity index (χ3v) is 2.80. The fourth-order valence-electron chi connectivity index (χ4n) is 0.635. The maximum Gasteiger partial charge on any atom is 0.334 e. The highest BCUT2D eigenvalue weighted by Gasteiger charge is 2.33. The summed E-state index contributed by atoms with van der Waals surface area (Å²) in [4.78, 5) is 9.35. The molecule has 0 unspecified atom stereocenters. The topological polar surface area (TPSA) is 83.5 Å². The molecule has 0 aromatic heterocycles. The molecule has 0 amide bonds. The van der Waals surface area contributed by atoms with E-state index in [9.17, 15) is 4.79 Å². The Bertz CT molecular complexity index is 156. The summed E-state index contributed by atoms with van der Waals surface area (Å²) >= 11 is 4.95. The molecule has 0 spiro atoms. The highest BCUT2D eigenvalue weighted by Crippen LogP contribution is 2.23. The number of carbonyl (C=O) groups is 1. The zero-order chi connectivity index (χ0) is 9.61. The van der Waals surface area contributed by atoms with Crippen molar-refractivity contribution in [3.05, 3.63) is 0 Å². The van der Waals surface area contributed by atoms with Crippen LogP contribution in [0.2, 0.25) is 0 Å². The first-order chi connectivity index (χ1) is 5.56. The predicted molar refractivity (Wildman–Crippen MR) is 52.6 cm³/mol. The summed E-state index contributed by atoms with van der Waals surface area (Å²) < 4.78 is 0. The molecule has 4 nitrogen and oxygen atoms in total. The van der Waals surface area contributed by atoms with Gasteiger partial charge in [-0.2, -0.15) is 12.6 Å². The zero-order valence-electron chi connectivity index (χ0n) is 6.56. The van der Waals surface area contributed by atoms with Crippen molar-refractivity contribution in [1.29, 1.82) is 0 Å². The van der Waals surface area contributed by atoms with E-state index in [2.05, 4.69) is 12.6 Å². The molecule has 0 aliphatic rings. The van der Waals surface area contributed by atoms with Crippen LogP contribution in [-0.2, 0) is 4.79 Å². The molecule has 0 aliphatic heterocycles. The lowest BCUT2D eigenvalue weighted by atomic mass is 10.2. The van der Waals surface area contributed by atoms with E-state index in [0.717, 1.165) is 11.8 Å². The minimum Gasteiger partial charge on any atom is -0.479 e. The van der Waals surface area contributed by atoms with Crippen LogP contribution < -0.4 is 5.73 Å². The fourth-order valence-corrected chi connectivity index (χ4v) is 1.96. The molecular weight excluding hydrogens is 198 g/mol. The van der Waals surface area contributed by atoms with E-state index in [-0.39, 0.29) is 13.0 Å². The maximum absolute atomic E-state index is 10.7. The molecule has 12 heavy (non-hydrogen) atoms. The van der Waals surface area contributed by atoms with E-state index in [1.54, 1.807) is 0 Å². The average Bonchev–Trinajstić information content (AvgIpc) is 2.01. The molecule has 1 atom stereocenters. The number of rotatable bonds is 6. The van der Waals surface area contributed by atoms with Crippen LogP contribution in [0.3, 0.4) is 0 Å². The first kappa shape index (κ1) is 12.1. The number of hydrogen-bond acceptors (Lipinski definition) is 5. The summed E-state index contributed by atoms with van der Waals surface area (Å²) in [5.74, 6) is -0.312. The van der Waals surface area contributed by atoms with E-state index in [0.29, 0.717) is 11.5 Å². The fraction of sp³-hybridized carbons (Fsp3) is 0.833. The van der Waals surface area contributed by atoms with Crippen LogP contribution in [0.5, 0.6) is 0 Å². The van der Waals surface area contributed by atoms with Gasteiger partial charge in [-0.1, -0.05) is 0 Å². The van der Waals surface area contributed by atoms with Gasteiger partial charge in [-0.25, -0.2) is 4.79 Å². The van der Waals surface area contributed by atoms with Gasteiger partial charge < -0.3 is 15.9 Å². The molecule has 4 N–H and O–H groups in total. The molecule has 0 heterocycles. The Kier molecular flexibility index (Phi) is 5.73. The number of carboxylic acids is 1. The Morgan fingerprint density at radius 2 is 2.25 bits per heavy atom. The lowest BCUT2D eigenvalue weighted by Gasteiger charge is -2.22. The van der Waals surface area contributed by atoms with E-state index in [4.69, 9.17) is 15.9 Å². The van der Waals surface area contributed by atoms with Gasteiger partial charge in [0.1, 0.15) is 0 Å². The smallest absolute Gasteiger partial charge is 0.334 e. The lowest BCUT2D eigenvalue weighted by molar-refractivity contribution is -0.139. The van der Waals surface area contributed by atoms with Gasteiger partial charge in [0.05, 0.1) is 6.61 Å². The van der Waals surface area contributed by atoms with E-state index in [1.165, 1.54) is 0 Å². The Hall–Kier alpha value is 0.0900. The second kappa shape index (κ2) is 5.69. The molecule has 0 fully saturated rings. The minimum atomic E-state index is -1.30. The Balaban J connectivity index is 4.08. The molecule has 0 saturated heterocycles. The monoisotopic (exact) mass is 211 g/mol. The van der Waals surface area contributed by atoms with Gasteiger partial charge in [-0.15, -0.1) is 11.8 Å². The standard InChI is InChI=1S/C6H13NO3S2/c7-6(1-3-11,5(9)10)12-4-2-8/h8,11H,1-4,7H2,(H,9,10)/t6-/m0/s1. The average molecular weight is 211 g/mol. The molecule has 0 aromatic rings. The van der Waals surface area contributed by atoms with Crippen molar-refractivity contribution in [2.45, 2.75) is 11.3 Å². The SMILES string of the molecule is N[C@@](CCS)(SCCO)C(=O)O. The minimum absolute atomic E-state index is 0.0660. The number of aliphatic hydroxyl groups excluding tert-OH is 1. The van der Waals surface area contributed by atoms with Crippen molar-refractivity contribution in [3.8, 4) is 0 Å². The number of aliphatic carboxylic acids is 1. The van der Waals surface area contributed by atoms with Crippen molar-refractivity contribution in [2.24, 2.45) is 5.73 Å². The second-order valence-electron chi connectivity index (χ2n) is 2.24. The van der Waals surface area contributed by atoms with E-state index in [1.807, 2.05) is 0 Å². The molecule has 6 heteroatoms. The molecule has 0 radical (unpaired) electrons. The summed E-state index contributed by atoms with van der Waals surface area (Å²) in [6.07, 6.45) is 0.288. The summed E-state index contributed by atoms with van der Waals surface area (Å²) in [6, 6.07) is 0. The van der Waals surface area contributed by atoms with Gasteiger partial charge in [-0.05, 0) is 12.2 Å². The first-order valence-corrected chi connectivity index (χ1v) is 5.06. The van der Waals surface area contributed by atoms with Crippen molar-refractivity contribution in [3.63, 3.8) is 0 Å². The summed E-state index contributed by atoms with van der Waals surface area (Å²) in [5, 5.41) is 17.2. The van der Waals surface area contributed by atoms with Gasteiger partial charge in [0.15, 0.2) is 4.87 Å². The van der Waals surface area contributed by atoms with Crippen LogP contribution in [0.15, 0.2) is 0 Å². The largest absolute Gasteiger partial charge is 0.479 e. The van der Waals surface area contributed by atoms with Crippen molar-refractivity contribution in [1.82, 2.24) is 0 Å². The Morgan fingerprint density at radius 3 is 2.58 bits per heavy atom. The van der Waals surface area contributed by atoms with Crippen LogP contribution in [-0.4, -0.2) is 39.2 Å². The molecule has 0 rings (SSSR count). The normalized spacial score (nSPS) is 15.6. The van der Waals surface area contributed by atoms with Gasteiger partial charge in [0, 0.05) is 5.75 Å². The van der Waals surface area contributed by atoms with Crippen LogP contribution in [0.4, 0.5) is 0 Å². The van der Waals surface area contributed by atoms with Gasteiger partial charge >= 0.3 is 5.97 Å². The van der Waals surface area contributed by atoms with E-state index < -0.39 is 10.8 Å². The van der Waals surface area contributed by atoms with E-state index >= 15 is 0 Å². The molecule has 0 bridgehead atoms. The van der Waals surface area contributed by atoms with Crippen LogP contribution in [0.25, 0.3) is 0 Å². The number of thioether (sulfide) groups is 1. The summed E-state index contributed by atoms with van der Waals surface area (Å²) in [6.45, 7) is -0.0660. The molecular formula is C6H13NO3S2. The molecule has 0 aliphatic carbocycles.